The number of fused-ring (bicyclic) bond motifs is 1. The molecule has 0 spiro atoms. The number of hydrogen-bond acceptors (Lipinski definition) is 4. The van der Waals surface area contributed by atoms with Crippen LogP contribution in [0.5, 0.6) is 5.75 Å². The molecule has 2 aromatic rings. The van der Waals surface area contributed by atoms with Gasteiger partial charge >= 0.3 is 12.1 Å². The second-order valence-electron chi connectivity index (χ2n) is 6.92. The molecule has 1 amide bonds. The van der Waals surface area contributed by atoms with Crippen molar-refractivity contribution in [2.24, 2.45) is 0 Å². The van der Waals surface area contributed by atoms with Gasteiger partial charge in [-0.2, -0.15) is 18.4 Å². The molecule has 1 aliphatic rings. The summed E-state index contributed by atoms with van der Waals surface area (Å²) in [5, 5.41) is 11.2. The van der Waals surface area contributed by atoms with Crippen LogP contribution in [0.4, 0.5) is 13.2 Å². The fourth-order valence-corrected chi connectivity index (χ4v) is 3.17. The summed E-state index contributed by atoms with van der Waals surface area (Å²) in [6, 6.07) is 9.29. The predicted molar refractivity (Wildman–Crippen MR) is 97.8 cm³/mol. The van der Waals surface area contributed by atoms with Crippen molar-refractivity contribution in [2.75, 3.05) is 0 Å². The van der Waals surface area contributed by atoms with Crippen LogP contribution < -0.4 is 15.6 Å². The molecule has 0 unspecified atom stereocenters. The lowest BCUT2D eigenvalue weighted by molar-refractivity contribution is -0.173. The third-order valence-electron chi connectivity index (χ3n) is 4.55. The van der Waals surface area contributed by atoms with Crippen LogP contribution in [0.15, 0.2) is 47.0 Å². The highest BCUT2D eigenvalue weighted by atomic mass is 19.4. The first-order chi connectivity index (χ1) is 13.5. The first-order valence-corrected chi connectivity index (χ1v) is 8.51. The molecule has 1 aliphatic heterocycles. The van der Waals surface area contributed by atoms with Gasteiger partial charge in [-0.05, 0) is 44.5 Å². The molecule has 29 heavy (non-hydrogen) atoms. The van der Waals surface area contributed by atoms with Crippen molar-refractivity contribution in [3.05, 3.63) is 69.3 Å². The summed E-state index contributed by atoms with van der Waals surface area (Å²) in [7, 11) is 0. The third kappa shape index (κ3) is 3.49. The molecule has 0 fully saturated rings. The van der Waals surface area contributed by atoms with Gasteiger partial charge in [0.15, 0.2) is 0 Å². The quantitative estimate of drug-likeness (QED) is 0.835. The molecule has 0 aliphatic carbocycles. The lowest BCUT2D eigenvalue weighted by atomic mass is 9.90. The Kier molecular flexibility index (Phi) is 4.74. The van der Waals surface area contributed by atoms with E-state index in [4.69, 9.17) is 4.74 Å². The number of alkyl halides is 3. The number of nitrogens with one attached hydrogen (secondary N) is 1. The predicted octanol–water partition coefficient (Wildman–Crippen LogP) is 3.09. The Bertz CT molecular complexity index is 1140. The van der Waals surface area contributed by atoms with Gasteiger partial charge in [0.1, 0.15) is 11.4 Å². The molecule has 150 valence electrons. The number of benzene rings is 1. The minimum Gasteiger partial charge on any atom is -0.481 e. The average Bonchev–Trinajstić information content (AvgIpc) is 2.62. The topological polar surface area (TPSA) is 84.1 Å². The van der Waals surface area contributed by atoms with Crippen LogP contribution in [0.3, 0.4) is 0 Å². The van der Waals surface area contributed by atoms with E-state index in [0.717, 1.165) is 4.57 Å². The smallest absolute Gasteiger partial charge is 0.471 e. The van der Waals surface area contributed by atoms with Crippen molar-refractivity contribution in [3.63, 3.8) is 0 Å². The van der Waals surface area contributed by atoms with Crippen molar-refractivity contribution in [3.8, 4) is 11.8 Å². The van der Waals surface area contributed by atoms with E-state index < -0.39 is 23.2 Å². The molecule has 0 bridgehead atoms. The molecule has 0 saturated carbocycles. The lowest BCUT2D eigenvalue weighted by Crippen LogP contribution is -2.48. The SMILES string of the molecule is Cc1c(C#N)ccc2c1C(n1ccccc1=O)=C(NC(=O)C(F)(F)F)C(C)(C)O2. The lowest BCUT2D eigenvalue weighted by Gasteiger charge is -2.38. The highest BCUT2D eigenvalue weighted by Crippen LogP contribution is 2.42. The number of aromatic nitrogens is 1. The number of hydrogen-bond donors (Lipinski definition) is 1. The van der Waals surface area contributed by atoms with Crippen molar-refractivity contribution in [1.82, 2.24) is 9.88 Å². The minimum atomic E-state index is -5.14. The standard InChI is InChI=1S/C20H16F3N3O3/c1-11-12(10-24)7-8-13-15(11)16(26-9-5-4-6-14(26)27)17(19(2,3)29-13)25-18(28)20(21,22)23/h4-9H,1-3H3,(H,25,28). The fraction of sp³-hybridized carbons (Fsp3) is 0.250. The van der Waals surface area contributed by atoms with E-state index in [9.17, 15) is 28.0 Å². The summed E-state index contributed by atoms with van der Waals surface area (Å²) in [6.45, 7) is 4.54. The Morgan fingerprint density at radius 3 is 2.52 bits per heavy atom. The van der Waals surface area contributed by atoms with E-state index in [2.05, 4.69) is 0 Å². The summed E-state index contributed by atoms with van der Waals surface area (Å²) in [5.41, 5.74) is -1.22. The maximum Gasteiger partial charge on any atom is 0.471 e. The van der Waals surface area contributed by atoms with Crippen molar-refractivity contribution in [1.29, 1.82) is 5.26 Å². The van der Waals surface area contributed by atoms with Gasteiger partial charge in [-0.25, -0.2) is 0 Å². The normalized spacial score (nSPS) is 15.2. The maximum atomic E-state index is 13.0. The van der Waals surface area contributed by atoms with Crippen LogP contribution >= 0.6 is 0 Å². The van der Waals surface area contributed by atoms with Crippen molar-refractivity contribution >= 4 is 11.6 Å². The van der Waals surface area contributed by atoms with Gasteiger partial charge in [-0.3, -0.25) is 14.2 Å². The molecule has 3 rings (SSSR count). The zero-order valence-electron chi connectivity index (χ0n) is 15.7. The van der Waals surface area contributed by atoms with Gasteiger partial charge in [0.05, 0.1) is 23.0 Å². The van der Waals surface area contributed by atoms with E-state index in [0.29, 0.717) is 5.56 Å². The molecule has 9 heteroatoms. The number of ether oxygens (including phenoxy) is 1. The van der Waals surface area contributed by atoms with E-state index >= 15 is 0 Å². The molecular weight excluding hydrogens is 387 g/mol. The third-order valence-corrected chi connectivity index (χ3v) is 4.55. The zero-order valence-corrected chi connectivity index (χ0v) is 15.7. The first-order valence-electron chi connectivity index (χ1n) is 8.51. The molecule has 1 aromatic heterocycles. The summed E-state index contributed by atoms with van der Waals surface area (Å²) in [6.07, 6.45) is -3.76. The second kappa shape index (κ2) is 6.81. The van der Waals surface area contributed by atoms with Gasteiger partial charge in [0.25, 0.3) is 5.56 Å². The fourth-order valence-electron chi connectivity index (χ4n) is 3.17. The number of nitriles is 1. The second-order valence-corrected chi connectivity index (χ2v) is 6.92. The van der Waals surface area contributed by atoms with Gasteiger partial charge in [0, 0.05) is 17.8 Å². The molecule has 0 saturated heterocycles. The number of rotatable bonds is 2. The molecular formula is C20H16F3N3O3. The average molecular weight is 403 g/mol. The Balaban J connectivity index is 2.43. The number of nitrogens with zero attached hydrogens (tertiary/aromatic N) is 2. The van der Waals surface area contributed by atoms with E-state index in [1.807, 2.05) is 11.4 Å². The molecule has 0 radical (unpaired) electrons. The Labute approximate surface area is 163 Å². The van der Waals surface area contributed by atoms with E-state index in [1.54, 1.807) is 6.92 Å². The van der Waals surface area contributed by atoms with Gasteiger partial charge in [-0.1, -0.05) is 6.07 Å². The summed E-state index contributed by atoms with van der Waals surface area (Å²) in [5.74, 6) is -1.91. The van der Waals surface area contributed by atoms with Crippen LogP contribution in [-0.4, -0.2) is 22.3 Å². The van der Waals surface area contributed by atoms with Crippen LogP contribution in [0, 0.1) is 18.3 Å². The minimum absolute atomic E-state index is 0.0223. The van der Waals surface area contributed by atoms with Crippen LogP contribution in [0.25, 0.3) is 5.70 Å². The van der Waals surface area contributed by atoms with Crippen LogP contribution in [0.1, 0.15) is 30.5 Å². The monoisotopic (exact) mass is 403 g/mol. The van der Waals surface area contributed by atoms with Crippen molar-refractivity contribution < 1.29 is 22.7 Å². The van der Waals surface area contributed by atoms with Gasteiger partial charge in [-0.15, -0.1) is 0 Å². The zero-order chi connectivity index (χ0) is 21.6. The highest BCUT2D eigenvalue weighted by Gasteiger charge is 2.44. The summed E-state index contributed by atoms with van der Waals surface area (Å²) >= 11 is 0. The summed E-state index contributed by atoms with van der Waals surface area (Å²) < 4.78 is 45.9. The number of halogens is 3. The Morgan fingerprint density at radius 1 is 1.24 bits per heavy atom. The number of carbonyl (C=O) groups is 1. The van der Waals surface area contributed by atoms with Crippen LogP contribution in [0.2, 0.25) is 0 Å². The van der Waals surface area contributed by atoms with Crippen molar-refractivity contribution in [2.45, 2.75) is 32.5 Å². The number of pyridine rings is 1. The largest absolute Gasteiger partial charge is 0.481 e. The van der Waals surface area contributed by atoms with Crippen LogP contribution in [-0.2, 0) is 4.79 Å². The van der Waals surface area contributed by atoms with Gasteiger partial charge in [0.2, 0.25) is 0 Å². The molecule has 2 heterocycles. The van der Waals surface area contributed by atoms with E-state index in [1.165, 1.54) is 50.4 Å². The number of carbonyl (C=O) groups excluding carboxylic acids is 1. The Morgan fingerprint density at radius 2 is 1.93 bits per heavy atom. The summed E-state index contributed by atoms with van der Waals surface area (Å²) in [4.78, 5) is 24.3. The number of amides is 1. The maximum absolute atomic E-state index is 13.0. The Hall–Kier alpha value is -3.54. The molecule has 1 aromatic carbocycles. The first kappa shape index (κ1) is 20.2. The highest BCUT2D eigenvalue weighted by molar-refractivity contribution is 5.88. The molecule has 0 atom stereocenters. The molecule has 6 nitrogen and oxygen atoms in total. The van der Waals surface area contributed by atoms with E-state index in [-0.39, 0.29) is 28.3 Å². The van der Waals surface area contributed by atoms with Gasteiger partial charge < -0.3 is 10.1 Å². The molecule has 1 N–H and O–H groups in total.